The van der Waals surface area contributed by atoms with Crippen LogP contribution in [0.3, 0.4) is 0 Å². The molecule has 1 aromatic carbocycles. The third-order valence-electron chi connectivity index (χ3n) is 3.76. The summed E-state index contributed by atoms with van der Waals surface area (Å²) in [5.74, 6) is 0. The first kappa shape index (κ1) is 12.4. The zero-order valence-corrected chi connectivity index (χ0v) is 10.6. The number of amides is 2. The van der Waals surface area contributed by atoms with Crippen molar-refractivity contribution in [2.75, 3.05) is 13.2 Å². The van der Waals surface area contributed by atoms with E-state index in [0.29, 0.717) is 19.6 Å². The molecule has 19 heavy (non-hydrogen) atoms. The van der Waals surface area contributed by atoms with E-state index >= 15 is 0 Å². The minimum absolute atomic E-state index is 0.0776. The Morgan fingerprint density at radius 1 is 1.32 bits per heavy atom. The number of nitrogens with one attached hydrogen (secondary N) is 2. The van der Waals surface area contributed by atoms with Gasteiger partial charge in [-0.05, 0) is 17.5 Å². The van der Waals surface area contributed by atoms with Crippen LogP contribution in [0.1, 0.15) is 23.6 Å². The van der Waals surface area contributed by atoms with Gasteiger partial charge in [0, 0.05) is 13.0 Å². The number of rotatable bonds is 2. The van der Waals surface area contributed by atoms with Crippen LogP contribution in [0.25, 0.3) is 0 Å². The standard InChI is InChI=1S/C14H18N2O3/c17-12-7-9-3-1-2-4-11(9)13(12)16-14(18)15-10-5-6-19-8-10/h1-4,10,12-13,17H,5-8H2,(H2,15,16,18)/t10?,12-,13+/m1/s1. The van der Waals surface area contributed by atoms with Crippen LogP contribution in [0, 0.1) is 0 Å². The largest absolute Gasteiger partial charge is 0.390 e. The Balaban J connectivity index is 1.64. The van der Waals surface area contributed by atoms with Gasteiger partial charge in [0.05, 0.1) is 24.8 Å². The van der Waals surface area contributed by atoms with E-state index in [0.717, 1.165) is 17.5 Å². The fourth-order valence-corrected chi connectivity index (χ4v) is 2.76. The van der Waals surface area contributed by atoms with Crippen LogP contribution in [0.15, 0.2) is 24.3 Å². The van der Waals surface area contributed by atoms with Gasteiger partial charge in [-0.15, -0.1) is 0 Å². The average molecular weight is 262 g/mol. The predicted molar refractivity (Wildman–Crippen MR) is 69.8 cm³/mol. The molecule has 0 spiro atoms. The van der Waals surface area contributed by atoms with E-state index in [1.165, 1.54) is 0 Å². The van der Waals surface area contributed by atoms with Crippen LogP contribution in [0.5, 0.6) is 0 Å². The maximum absolute atomic E-state index is 11.9. The first-order chi connectivity index (χ1) is 9.24. The van der Waals surface area contributed by atoms with Crippen molar-refractivity contribution in [3.05, 3.63) is 35.4 Å². The summed E-state index contributed by atoms with van der Waals surface area (Å²) in [5.41, 5.74) is 2.11. The fraction of sp³-hybridized carbons (Fsp3) is 0.500. The molecule has 1 unspecified atom stereocenters. The summed E-state index contributed by atoms with van der Waals surface area (Å²) in [5, 5.41) is 15.8. The van der Waals surface area contributed by atoms with Gasteiger partial charge in [0.25, 0.3) is 0 Å². The van der Waals surface area contributed by atoms with E-state index in [1.54, 1.807) is 0 Å². The van der Waals surface area contributed by atoms with E-state index in [2.05, 4.69) is 10.6 Å². The Kier molecular flexibility index (Phi) is 3.40. The van der Waals surface area contributed by atoms with Crippen LogP contribution in [-0.2, 0) is 11.2 Å². The first-order valence-corrected chi connectivity index (χ1v) is 6.64. The molecule has 1 fully saturated rings. The van der Waals surface area contributed by atoms with Crippen molar-refractivity contribution >= 4 is 6.03 Å². The number of aliphatic hydroxyl groups is 1. The van der Waals surface area contributed by atoms with Gasteiger partial charge < -0.3 is 20.5 Å². The molecule has 0 bridgehead atoms. The number of aliphatic hydroxyl groups excluding tert-OH is 1. The third-order valence-corrected chi connectivity index (χ3v) is 3.76. The molecule has 1 aliphatic carbocycles. The van der Waals surface area contributed by atoms with Crippen molar-refractivity contribution in [3.8, 4) is 0 Å². The van der Waals surface area contributed by atoms with Crippen LogP contribution >= 0.6 is 0 Å². The molecule has 1 saturated heterocycles. The maximum Gasteiger partial charge on any atom is 0.315 e. The average Bonchev–Trinajstić information content (AvgIpc) is 2.99. The molecule has 1 heterocycles. The van der Waals surface area contributed by atoms with Gasteiger partial charge in [-0.3, -0.25) is 0 Å². The number of ether oxygens (including phenoxy) is 1. The monoisotopic (exact) mass is 262 g/mol. The lowest BCUT2D eigenvalue weighted by Gasteiger charge is -2.20. The van der Waals surface area contributed by atoms with E-state index in [4.69, 9.17) is 4.74 Å². The molecule has 0 aromatic heterocycles. The van der Waals surface area contributed by atoms with Crippen LogP contribution in [0.2, 0.25) is 0 Å². The number of urea groups is 1. The predicted octanol–water partition coefficient (Wildman–Crippen LogP) is 0.733. The molecule has 5 heteroatoms. The quantitative estimate of drug-likeness (QED) is 0.736. The van der Waals surface area contributed by atoms with Gasteiger partial charge in [-0.1, -0.05) is 24.3 Å². The number of hydrogen-bond acceptors (Lipinski definition) is 3. The third kappa shape index (κ3) is 2.57. The zero-order chi connectivity index (χ0) is 13.2. The highest BCUT2D eigenvalue weighted by molar-refractivity contribution is 5.75. The molecule has 3 N–H and O–H groups in total. The van der Waals surface area contributed by atoms with E-state index < -0.39 is 6.10 Å². The summed E-state index contributed by atoms with van der Waals surface area (Å²) in [6.07, 6.45) is 0.883. The van der Waals surface area contributed by atoms with Crippen molar-refractivity contribution in [1.82, 2.24) is 10.6 Å². The first-order valence-electron chi connectivity index (χ1n) is 6.64. The molecule has 0 radical (unpaired) electrons. The van der Waals surface area contributed by atoms with Crippen LogP contribution in [0.4, 0.5) is 4.79 Å². The van der Waals surface area contributed by atoms with E-state index in [9.17, 15) is 9.90 Å². The molecule has 2 aliphatic rings. The highest BCUT2D eigenvalue weighted by Crippen LogP contribution is 2.31. The number of hydrogen-bond donors (Lipinski definition) is 3. The lowest BCUT2D eigenvalue weighted by atomic mass is 10.1. The van der Waals surface area contributed by atoms with Gasteiger partial charge in [0.2, 0.25) is 0 Å². The van der Waals surface area contributed by atoms with Crippen molar-refractivity contribution in [1.29, 1.82) is 0 Å². The van der Waals surface area contributed by atoms with Crippen LogP contribution < -0.4 is 10.6 Å². The second-order valence-electron chi connectivity index (χ2n) is 5.13. The smallest absolute Gasteiger partial charge is 0.315 e. The molecule has 1 aliphatic heterocycles. The summed E-state index contributed by atoms with van der Waals surface area (Å²) in [6.45, 7) is 1.26. The van der Waals surface area contributed by atoms with Gasteiger partial charge in [-0.25, -0.2) is 4.79 Å². The normalized spacial score (nSPS) is 29.0. The van der Waals surface area contributed by atoms with E-state index in [1.807, 2.05) is 24.3 Å². The van der Waals surface area contributed by atoms with Gasteiger partial charge in [0.1, 0.15) is 0 Å². The Morgan fingerprint density at radius 3 is 2.95 bits per heavy atom. The summed E-state index contributed by atoms with van der Waals surface area (Å²) in [6, 6.07) is 7.33. The lowest BCUT2D eigenvalue weighted by Crippen LogP contribution is -2.45. The van der Waals surface area contributed by atoms with Crippen molar-refractivity contribution in [2.24, 2.45) is 0 Å². The minimum Gasteiger partial charge on any atom is -0.390 e. The molecular weight excluding hydrogens is 244 g/mol. The molecule has 1 aromatic rings. The summed E-state index contributed by atoms with van der Waals surface area (Å²) >= 11 is 0. The Labute approximate surface area is 112 Å². The molecule has 102 valence electrons. The summed E-state index contributed by atoms with van der Waals surface area (Å²) < 4.78 is 5.21. The van der Waals surface area contributed by atoms with E-state index in [-0.39, 0.29) is 18.1 Å². The highest BCUT2D eigenvalue weighted by Gasteiger charge is 2.32. The van der Waals surface area contributed by atoms with Crippen molar-refractivity contribution in [2.45, 2.75) is 31.0 Å². The number of carbonyl (C=O) groups excluding carboxylic acids is 1. The SMILES string of the molecule is O=C(NC1CCOC1)N[C@H]1c2ccccc2C[C@H]1O. The molecule has 3 rings (SSSR count). The van der Waals surface area contributed by atoms with Crippen molar-refractivity contribution in [3.63, 3.8) is 0 Å². The second-order valence-corrected chi connectivity index (χ2v) is 5.13. The lowest BCUT2D eigenvalue weighted by molar-refractivity contribution is 0.141. The topological polar surface area (TPSA) is 70.6 Å². The number of benzene rings is 1. The zero-order valence-electron chi connectivity index (χ0n) is 10.6. The molecule has 2 amide bonds. The van der Waals surface area contributed by atoms with Crippen molar-refractivity contribution < 1.29 is 14.6 Å². The molecular formula is C14H18N2O3. The number of fused-ring (bicyclic) bond motifs is 1. The highest BCUT2D eigenvalue weighted by atomic mass is 16.5. The van der Waals surface area contributed by atoms with Gasteiger partial charge in [0.15, 0.2) is 0 Å². The second kappa shape index (κ2) is 5.19. The Bertz CT molecular complexity index is 472. The number of carbonyl (C=O) groups is 1. The minimum atomic E-state index is -0.553. The molecule has 5 nitrogen and oxygen atoms in total. The molecule has 0 saturated carbocycles. The van der Waals surface area contributed by atoms with Gasteiger partial charge >= 0.3 is 6.03 Å². The Morgan fingerprint density at radius 2 is 2.16 bits per heavy atom. The molecule has 3 atom stereocenters. The van der Waals surface area contributed by atoms with Crippen LogP contribution in [-0.4, -0.2) is 36.5 Å². The summed E-state index contributed by atoms with van der Waals surface area (Å²) in [7, 11) is 0. The van der Waals surface area contributed by atoms with Gasteiger partial charge in [-0.2, -0.15) is 0 Å². The Hall–Kier alpha value is -1.59. The summed E-state index contributed by atoms with van der Waals surface area (Å²) in [4.78, 5) is 11.9. The maximum atomic E-state index is 11.9. The fourth-order valence-electron chi connectivity index (χ4n) is 2.76.